The molecule has 1 aromatic heterocycles. The van der Waals surface area contributed by atoms with Gasteiger partial charge in [-0.25, -0.2) is 9.79 Å². The van der Waals surface area contributed by atoms with E-state index in [-0.39, 0.29) is 17.7 Å². The Bertz CT molecular complexity index is 2390. The van der Waals surface area contributed by atoms with Gasteiger partial charge in [0.05, 0.1) is 35.6 Å². The molecule has 0 amide bonds. The van der Waals surface area contributed by atoms with Crippen LogP contribution >= 0.6 is 22.9 Å². The number of carbonyl (C=O) groups is 1. The number of fused-ring (bicyclic) bond motifs is 2. The number of carbonyl (C=O) groups excluding carboxylic acids is 1. The Morgan fingerprint density at radius 1 is 0.939 bits per heavy atom. The van der Waals surface area contributed by atoms with Gasteiger partial charge in [-0.2, -0.15) is 0 Å². The summed E-state index contributed by atoms with van der Waals surface area (Å²) in [5.41, 5.74) is 3.55. The molecule has 1 aliphatic heterocycles. The van der Waals surface area contributed by atoms with Crippen molar-refractivity contribution in [2.24, 2.45) is 4.99 Å². The van der Waals surface area contributed by atoms with Crippen molar-refractivity contribution in [3.8, 4) is 11.5 Å². The highest BCUT2D eigenvalue weighted by molar-refractivity contribution is 7.07. The van der Waals surface area contributed by atoms with Gasteiger partial charge >= 0.3 is 5.97 Å². The Morgan fingerprint density at radius 3 is 2.47 bits per heavy atom. The Morgan fingerprint density at radius 2 is 1.69 bits per heavy atom. The van der Waals surface area contributed by atoms with Gasteiger partial charge in [-0.15, -0.1) is 0 Å². The fraction of sp³-hybridized carbons (Fsp3) is 0.125. The highest BCUT2D eigenvalue weighted by Crippen LogP contribution is 2.36. The molecule has 5 aromatic carbocycles. The van der Waals surface area contributed by atoms with Gasteiger partial charge in [0.15, 0.2) is 4.80 Å². The number of ether oxygens (including phenoxy) is 3. The van der Waals surface area contributed by atoms with E-state index >= 15 is 0 Å². The van der Waals surface area contributed by atoms with E-state index in [0.717, 1.165) is 21.9 Å². The molecule has 0 N–H and O–H groups in total. The molecule has 7 nitrogen and oxygen atoms in total. The van der Waals surface area contributed by atoms with Gasteiger partial charge in [0.1, 0.15) is 18.1 Å². The highest BCUT2D eigenvalue weighted by Gasteiger charge is 2.35. The van der Waals surface area contributed by atoms with Gasteiger partial charge < -0.3 is 14.2 Å². The van der Waals surface area contributed by atoms with Crippen molar-refractivity contribution in [3.05, 3.63) is 168 Å². The van der Waals surface area contributed by atoms with Crippen LogP contribution in [0.3, 0.4) is 0 Å². The summed E-state index contributed by atoms with van der Waals surface area (Å²) in [4.78, 5) is 33.6. The summed E-state index contributed by atoms with van der Waals surface area (Å²) < 4.78 is 19.3. The van der Waals surface area contributed by atoms with Crippen LogP contribution in [-0.2, 0) is 16.1 Å². The zero-order valence-electron chi connectivity index (χ0n) is 26.8. The number of esters is 1. The number of halogens is 1. The Hall–Kier alpha value is -5.44. The lowest BCUT2D eigenvalue weighted by molar-refractivity contribution is -0.138. The van der Waals surface area contributed by atoms with E-state index in [0.29, 0.717) is 49.3 Å². The van der Waals surface area contributed by atoms with Crippen molar-refractivity contribution in [3.63, 3.8) is 0 Å². The van der Waals surface area contributed by atoms with E-state index in [4.69, 9.17) is 30.8 Å². The molecule has 2 heterocycles. The lowest BCUT2D eigenvalue weighted by Gasteiger charge is -2.26. The fourth-order valence-electron chi connectivity index (χ4n) is 6.02. The van der Waals surface area contributed by atoms with Crippen LogP contribution < -0.4 is 24.4 Å². The van der Waals surface area contributed by atoms with Gasteiger partial charge in [0.25, 0.3) is 5.56 Å². The maximum Gasteiger partial charge on any atom is 0.338 e. The molecule has 1 aliphatic rings. The quantitative estimate of drug-likeness (QED) is 0.149. The van der Waals surface area contributed by atoms with Crippen molar-refractivity contribution < 1.29 is 19.0 Å². The van der Waals surface area contributed by atoms with E-state index in [1.54, 1.807) is 36.8 Å². The average molecular weight is 687 g/mol. The number of hydrogen-bond donors (Lipinski definition) is 0. The third-order valence-corrected chi connectivity index (χ3v) is 9.54. The molecule has 0 saturated heterocycles. The monoisotopic (exact) mass is 686 g/mol. The predicted molar refractivity (Wildman–Crippen MR) is 194 cm³/mol. The van der Waals surface area contributed by atoms with Crippen molar-refractivity contribution in [1.82, 2.24) is 4.57 Å². The molecule has 1 atom stereocenters. The first-order valence-electron chi connectivity index (χ1n) is 15.8. The zero-order valence-corrected chi connectivity index (χ0v) is 28.3. The maximum absolute atomic E-state index is 14.4. The molecule has 7 rings (SSSR count). The second-order valence-corrected chi connectivity index (χ2v) is 12.8. The Kier molecular flexibility index (Phi) is 9.15. The molecule has 6 aromatic rings. The van der Waals surface area contributed by atoms with Crippen LogP contribution in [0.15, 0.2) is 131 Å². The van der Waals surface area contributed by atoms with Crippen molar-refractivity contribution in [2.45, 2.75) is 19.6 Å². The first-order valence-corrected chi connectivity index (χ1v) is 17.0. The largest absolute Gasteiger partial charge is 0.497 e. The van der Waals surface area contributed by atoms with Crippen molar-refractivity contribution in [2.75, 3.05) is 13.7 Å². The molecule has 9 heteroatoms. The van der Waals surface area contributed by atoms with Crippen LogP contribution in [0.2, 0.25) is 5.02 Å². The second-order valence-electron chi connectivity index (χ2n) is 11.3. The molecule has 0 spiro atoms. The van der Waals surface area contributed by atoms with E-state index < -0.39 is 12.0 Å². The standard InChI is InChI=1S/C40H31ClN2O5S/c1-3-47-39(45)35-36(26-11-5-4-6-12-26)42-40-43(37(35)27-16-19-31(46-2)20-17-27)38(44)34(49-40)23-29-22-30(41)18-21-33(29)48-24-28-14-9-13-25-10-7-8-15-32(25)28/h4-23,37H,3,24H2,1-2H3/b34-23-/t37-/m1/s1. The zero-order chi connectivity index (χ0) is 33.9. The van der Waals surface area contributed by atoms with Crippen LogP contribution in [0, 0.1) is 0 Å². The topological polar surface area (TPSA) is 79.1 Å². The summed E-state index contributed by atoms with van der Waals surface area (Å²) in [5.74, 6) is 0.685. The number of hydrogen-bond acceptors (Lipinski definition) is 7. The van der Waals surface area contributed by atoms with Crippen molar-refractivity contribution >= 4 is 51.5 Å². The normalized spacial score (nSPS) is 14.3. The molecule has 244 valence electrons. The number of thiazole rings is 1. The van der Waals surface area contributed by atoms with E-state index in [9.17, 15) is 9.59 Å². The van der Waals surface area contributed by atoms with Gasteiger partial charge in [0.2, 0.25) is 0 Å². The second kappa shape index (κ2) is 14.0. The minimum absolute atomic E-state index is 0.167. The van der Waals surface area contributed by atoms with E-state index in [1.165, 1.54) is 11.3 Å². The molecular formula is C40H31ClN2O5S. The predicted octanol–water partition coefficient (Wildman–Crippen LogP) is 7.33. The van der Waals surface area contributed by atoms with Crippen LogP contribution in [-0.4, -0.2) is 24.3 Å². The smallest absolute Gasteiger partial charge is 0.338 e. The third-order valence-electron chi connectivity index (χ3n) is 8.33. The van der Waals surface area contributed by atoms with Crippen molar-refractivity contribution in [1.29, 1.82) is 0 Å². The van der Waals surface area contributed by atoms with Crippen LogP contribution in [0.4, 0.5) is 0 Å². The Balaban J connectivity index is 1.38. The summed E-state index contributed by atoms with van der Waals surface area (Å²) in [5, 5.41) is 2.74. The van der Waals surface area contributed by atoms with Crippen LogP contribution in [0.25, 0.3) is 22.5 Å². The van der Waals surface area contributed by atoms with Gasteiger partial charge in [0, 0.05) is 16.1 Å². The molecule has 0 aliphatic carbocycles. The number of benzene rings is 5. The molecule has 0 bridgehead atoms. The lowest BCUT2D eigenvalue weighted by Crippen LogP contribution is -2.40. The highest BCUT2D eigenvalue weighted by atomic mass is 35.5. The summed E-state index contributed by atoms with van der Waals surface area (Å²) in [6, 6.07) is 35.6. The molecule has 0 saturated carbocycles. The number of methoxy groups -OCH3 is 1. The van der Waals surface area contributed by atoms with Gasteiger partial charge in [-0.1, -0.05) is 108 Å². The fourth-order valence-corrected chi connectivity index (χ4v) is 7.19. The molecule has 0 radical (unpaired) electrons. The first kappa shape index (κ1) is 32.1. The van der Waals surface area contributed by atoms with E-state index in [2.05, 4.69) is 18.2 Å². The van der Waals surface area contributed by atoms with Gasteiger partial charge in [-0.05, 0) is 65.2 Å². The van der Waals surface area contributed by atoms with E-state index in [1.807, 2.05) is 84.9 Å². The SMILES string of the molecule is CCOC(=O)C1=C(c2ccccc2)N=c2s/c(=C\c3cc(Cl)ccc3OCc3cccc4ccccc34)c(=O)n2[C@@H]1c1ccc(OC)cc1. The number of rotatable bonds is 9. The Labute approximate surface area is 291 Å². The van der Waals surface area contributed by atoms with Crippen LogP contribution in [0.1, 0.15) is 35.2 Å². The van der Waals surface area contributed by atoms with Gasteiger partial charge in [-0.3, -0.25) is 9.36 Å². The molecule has 49 heavy (non-hydrogen) atoms. The molecule has 0 unspecified atom stereocenters. The third kappa shape index (κ3) is 6.40. The first-order chi connectivity index (χ1) is 23.9. The molecular weight excluding hydrogens is 656 g/mol. The molecule has 0 fully saturated rings. The number of aromatic nitrogens is 1. The van der Waals surface area contributed by atoms with Crippen LogP contribution in [0.5, 0.6) is 11.5 Å². The minimum Gasteiger partial charge on any atom is -0.497 e. The lowest BCUT2D eigenvalue weighted by atomic mass is 9.93. The average Bonchev–Trinajstić information content (AvgIpc) is 3.44. The summed E-state index contributed by atoms with van der Waals surface area (Å²) >= 11 is 7.71. The summed E-state index contributed by atoms with van der Waals surface area (Å²) in [6.45, 7) is 2.25. The minimum atomic E-state index is -0.806. The number of nitrogens with zero attached hydrogens (tertiary/aromatic N) is 2. The summed E-state index contributed by atoms with van der Waals surface area (Å²) in [6.07, 6.45) is 1.77. The maximum atomic E-state index is 14.4. The summed E-state index contributed by atoms with van der Waals surface area (Å²) in [7, 11) is 1.59.